The van der Waals surface area contributed by atoms with E-state index in [1.165, 1.54) is 231 Å². The molecular weight excluding hydrogens is 1130 g/mol. The van der Waals surface area contributed by atoms with Crippen LogP contribution in [0.3, 0.4) is 0 Å². The van der Waals surface area contributed by atoms with Crippen molar-refractivity contribution in [3.63, 3.8) is 0 Å². The second-order valence-electron chi connectivity index (χ2n) is 26.6. The number of allylic oxidation sites excluding steroid dienone is 16. The third-order valence-electron chi connectivity index (χ3n) is 16.6. The molecule has 9 nitrogen and oxygen atoms in total. The van der Waals surface area contributed by atoms with Gasteiger partial charge in [0.05, 0.1) is 27.7 Å². The minimum absolute atomic E-state index is 0.0325. The summed E-state index contributed by atoms with van der Waals surface area (Å²) in [5, 5.41) is 0. The number of likely N-dealkylation sites (N-methyl/N-ethyl adjacent to an activating group) is 1. The molecule has 522 valence electrons. The largest absolute Gasteiger partial charge is 0.756 e. The summed E-state index contributed by atoms with van der Waals surface area (Å²) < 4.78 is 34.4. The van der Waals surface area contributed by atoms with E-state index >= 15 is 0 Å². The fourth-order valence-corrected chi connectivity index (χ4v) is 11.5. The highest BCUT2D eigenvalue weighted by Gasteiger charge is 2.22. The predicted molar refractivity (Wildman–Crippen MR) is 388 cm³/mol. The smallest absolute Gasteiger partial charge is 0.306 e. The van der Waals surface area contributed by atoms with Crippen LogP contribution >= 0.6 is 7.82 Å². The van der Waals surface area contributed by atoms with Crippen molar-refractivity contribution in [1.29, 1.82) is 0 Å². The summed E-state index contributed by atoms with van der Waals surface area (Å²) in [5.74, 6) is -0.823. The molecule has 0 saturated carbocycles. The van der Waals surface area contributed by atoms with Crippen molar-refractivity contribution in [2.24, 2.45) is 0 Å². The molecule has 0 heterocycles. The summed E-state index contributed by atoms with van der Waals surface area (Å²) in [5.41, 5.74) is 0. The average molecular weight is 1280 g/mol. The number of ether oxygens (including phenoxy) is 2. The SMILES string of the molecule is CC/C=C\C/C=C\C/C=C\C/C=C\C/C=C\C/C=C\C/C=C\CCCCCCCCCCCCCCCC(=O)OC(COC(=O)CCCCCCCCCCCCCCCCCCCCC/C=C\CCCCCCCCCC)COP(=O)([O-])OCC[N+](C)(C)C. The number of carbonyl (C=O) groups excluding carboxylic acids is 2. The van der Waals surface area contributed by atoms with Crippen molar-refractivity contribution in [2.45, 2.75) is 354 Å². The van der Waals surface area contributed by atoms with Gasteiger partial charge in [0.15, 0.2) is 6.10 Å². The first kappa shape index (κ1) is 86.9. The molecule has 0 aromatic heterocycles. The zero-order valence-corrected chi connectivity index (χ0v) is 60.5. The van der Waals surface area contributed by atoms with Crippen LogP contribution in [0.15, 0.2) is 97.2 Å². The van der Waals surface area contributed by atoms with Gasteiger partial charge in [-0.3, -0.25) is 14.2 Å². The molecule has 0 aromatic rings. The standard InChI is InChI=1S/C80H144NO8P/c1-6-8-10-12-14-16-18-20-22-24-26-28-30-32-34-36-38-39-40-41-43-45-47-49-51-53-55-57-59-61-63-65-67-69-71-73-80(83)89-78(77-88-90(84,85)87-75-74-81(3,4)5)76-86-79(82)72-70-68-66-64-62-60-58-56-54-52-50-48-46-44-42-37-35-33-31-29-27-25-23-21-19-17-15-13-11-9-7-2/h8,10,14,16,20,22,25-28,32,34,38-39,41,43,78H,6-7,9,11-13,15,17-19,21,23-24,29-31,33,35-37,40,42,44-77H2,1-5H3/b10-8-,16-14-,22-20-,27-25-,28-26-,34-32-,39-38-,43-41-. The number of unbranched alkanes of at least 4 members (excludes halogenated alkanes) is 40. The van der Waals surface area contributed by atoms with Crippen LogP contribution in [-0.4, -0.2) is 70.0 Å². The van der Waals surface area contributed by atoms with Gasteiger partial charge in [-0.15, -0.1) is 0 Å². The maximum Gasteiger partial charge on any atom is 0.306 e. The topological polar surface area (TPSA) is 111 Å². The molecule has 90 heavy (non-hydrogen) atoms. The van der Waals surface area contributed by atoms with E-state index in [0.29, 0.717) is 17.4 Å². The molecule has 0 fully saturated rings. The zero-order chi connectivity index (χ0) is 65.5. The first-order chi connectivity index (χ1) is 44.0. The number of phosphoric acid groups is 1. The number of esters is 2. The van der Waals surface area contributed by atoms with Gasteiger partial charge in [0.1, 0.15) is 19.8 Å². The Hall–Kier alpha value is -3.07. The molecule has 0 spiro atoms. The van der Waals surface area contributed by atoms with Crippen LogP contribution in [-0.2, 0) is 32.7 Å². The Kier molecular flexibility index (Phi) is 67.9. The van der Waals surface area contributed by atoms with E-state index < -0.39 is 26.5 Å². The van der Waals surface area contributed by atoms with Gasteiger partial charge < -0.3 is 27.9 Å². The van der Waals surface area contributed by atoms with Gasteiger partial charge in [0, 0.05) is 12.8 Å². The fourth-order valence-electron chi connectivity index (χ4n) is 10.8. The highest BCUT2D eigenvalue weighted by molar-refractivity contribution is 7.45. The number of carbonyl (C=O) groups is 2. The molecule has 0 aliphatic rings. The van der Waals surface area contributed by atoms with Gasteiger partial charge in [-0.1, -0.05) is 336 Å². The van der Waals surface area contributed by atoms with Crippen LogP contribution in [0.25, 0.3) is 0 Å². The van der Waals surface area contributed by atoms with Gasteiger partial charge in [-0.25, -0.2) is 0 Å². The number of quaternary nitrogens is 1. The second-order valence-corrected chi connectivity index (χ2v) is 28.0. The Morgan fingerprint density at radius 1 is 0.356 bits per heavy atom. The molecular formula is C80H144NO8P. The molecule has 0 N–H and O–H groups in total. The highest BCUT2D eigenvalue weighted by Crippen LogP contribution is 2.38. The Morgan fingerprint density at radius 3 is 0.956 bits per heavy atom. The fraction of sp³-hybridized carbons (Fsp3) is 0.775. The third-order valence-corrected chi connectivity index (χ3v) is 17.6. The van der Waals surface area contributed by atoms with E-state index in [1.54, 1.807) is 0 Å². The molecule has 2 atom stereocenters. The van der Waals surface area contributed by atoms with E-state index in [9.17, 15) is 19.0 Å². The first-order valence-corrected chi connectivity index (χ1v) is 39.4. The molecule has 2 unspecified atom stereocenters. The minimum atomic E-state index is -4.65. The number of nitrogens with zero attached hydrogens (tertiary/aromatic N) is 1. The maximum absolute atomic E-state index is 12.9. The number of phosphoric ester groups is 1. The number of hydrogen-bond acceptors (Lipinski definition) is 8. The molecule has 0 aromatic carbocycles. The van der Waals surface area contributed by atoms with Gasteiger partial charge in [0.2, 0.25) is 0 Å². The third kappa shape index (κ3) is 74.0. The van der Waals surface area contributed by atoms with Crippen molar-refractivity contribution < 1.29 is 42.1 Å². The maximum atomic E-state index is 12.9. The quantitative estimate of drug-likeness (QED) is 0.0195. The van der Waals surface area contributed by atoms with Gasteiger partial charge in [-0.2, -0.15) is 0 Å². The van der Waals surface area contributed by atoms with Crippen LogP contribution in [0.4, 0.5) is 0 Å². The molecule has 0 amide bonds. The molecule has 0 aliphatic carbocycles. The van der Waals surface area contributed by atoms with Gasteiger partial charge in [0.25, 0.3) is 7.82 Å². The number of hydrogen-bond donors (Lipinski definition) is 0. The van der Waals surface area contributed by atoms with E-state index in [-0.39, 0.29) is 32.0 Å². The number of rotatable bonds is 70. The van der Waals surface area contributed by atoms with Gasteiger partial charge >= 0.3 is 11.9 Å². The molecule has 0 saturated heterocycles. The summed E-state index contributed by atoms with van der Waals surface area (Å²) in [6, 6.07) is 0. The molecule has 0 aliphatic heterocycles. The summed E-state index contributed by atoms with van der Waals surface area (Å²) in [4.78, 5) is 38.1. The Morgan fingerprint density at radius 2 is 0.633 bits per heavy atom. The lowest BCUT2D eigenvalue weighted by atomic mass is 10.0. The normalized spacial score (nSPS) is 13.6. The minimum Gasteiger partial charge on any atom is -0.756 e. The summed E-state index contributed by atoms with van der Waals surface area (Å²) >= 11 is 0. The van der Waals surface area contributed by atoms with Crippen molar-refractivity contribution in [2.75, 3.05) is 47.5 Å². The Bertz CT molecular complexity index is 1840. The van der Waals surface area contributed by atoms with Crippen LogP contribution in [0.2, 0.25) is 0 Å². The van der Waals surface area contributed by atoms with E-state index in [2.05, 4.69) is 111 Å². The molecule has 0 radical (unpaired) electrons. The molecule has 10 heteroatoms. The highest BCUT2D eigenvalue weighted by atomic mass is 31.2. The Balaban J connectivity index is 4.00. The summed E-state index contributed by atoms with van der Waals surface area (Å²) in [6.45, 7) is 4.17. The predicted octanol–water partition coefficient (Wildman–Crippen LogP) is 24.4. The lowest BCUT2D eigenvalue weighted by Crippen LogP contribution is -2.37. The van der Waals surface area contributed by atoms with Crippen molar-refractivity contribution in [3.05, 3.63) is 97.2 Å². The van der Waals surface area contributed by atoms with Crippen molar-refractivity contribution >= 4 is 19.8 Å². The summed E-state index contributed by atoms with van der Waals surface area (Å²) in [6.07, 6.45) is 97.9. The zero-order valence-electron chi connectivity index (χ0n) is 59.6. The molecule has 0 bridgehead atoms. The van der Waals surface area contributed by atoms with E-state index in [4.69, 9.17) is 18.5 Å². The van der Waals surface area contributed by atoms with Crippen molar-refractivity contribution in [1.82, 2.24) is 0 Å². The average Bonchev–Trinajstić information content (AvgIpc) is 3.61. The van der Waals surface area contributed by atoms with Gasteiger partial charge in [-0.05, 0) is 96.3 Å². The summed E-state index contributed by atoms with van der Waals surface area (Å²) in [7, 11) is 1.17. The van der Waals surface area contributed by atoms with E-state index in [0.717, 1.165) is 83.5 Å². The monoisotopic (exact) mass is 1280 g/mol. The Labute approximate surface area is 557 Å². The lowest BCUT2D eigenvalue weighted by molar-refractivity contribution is -0.870. The van der Waals surface area contributed by atoms with Crippen LogP contribution in [0, 0.1) is 0 Å². The van der Waals surface area contributed by atoms with Crippen LogP contribution in [0.5, 0.6) is 0 Å². The first-order valence-electron chi connectivity index (χ1n) is 37.9. The van der Waals surface area contributed by atoms with Crippen LogP contribution < -0.4 is 4.89 Å². The lowest BCUT2D eigenvalue weighted by Gasteiger charge is -2.28. The second kappa shape index (κ2) is 70.3. The van der Waals surface area contributed by atoms with E-state index in [1.807, 2.05) is 21.1 Å². The van der Waals surface area contributed by atoms with Crippen molar-refractivity contribution in [3.8, 4) is 0 Å². The van der Waals surface area contributed by atoms with Crippen LogP contribution in [0.1, 0.15) is 348 Å². The molecule has 0 rings (SSSR count).